The second kappa shape index (κ2) is 6.49. The molecule has 2 nitrogen and oxygen atoms in total. The molecule has 1 rings (SSSR count). The summed E-state index contributed by atoms with van der Waals surface area (Å²) in [7, 11) is 0. The zero-order valence-electron chi connectivity index (χ0n) is 11.0. The van der Waals surface area contributed by atoms with Gasteiger partial charge in [0.2, 0.25) is 0 Å². The standard InChI is InChI=1S/C13H28N2/c1-5-12(4)14-8-10-15(11-9-14)13(6-2)7-3/h12-13H,5-11H2,1-4H3. The Balaban J connectivity index is 2.34. The molecule has 1 heterocycles. The molecule has 1 saturated heterocycles. The molecule has 1 atom stereocenters. The molecule has 0 amide bonds. The van der Waals surface area contributed by atoms with Gasteiger partial charge in [0.05, 0.1) is 0 Å². The van der Waals surface area contributed by atoms with Crippen LogP contribution in [-0.4, -0.2) is 48.1 Å². The largest absolute Gasteiger partial charge is 0.298 e. The molecule has 1 aliphatic heterocycles. The highest BCUT2D eigenvalue weighted by Gasteiger charge is 2.23. The quantitative estimate of drug-likeness (QED) is 0.691. The van der Waals surface area contributed by atoms with Crippen LogP contribution in [0.25, 0.3) is 0 Å². The van der Waals surface area contributed by atoms with E-state index in [1.807, 2.05) is 0 Å². The minimum atomic E-state index is 0.772. The Morgan fingerprint density at radius 2 is 1.27 bits per heavy atom. The highest BCUT2D eigenvalue weighted by atomic mass is 15.3. The molecule has 0 radical (unpaired) electrons. The van der Waals surface area contributed by atoms with Crippen molar-refractivity contribution in [3.05, 3.63) is 0 Å². The van der Waals surface area contributed by atoms with Crippen LogP contribution in [0.15, 0.2) is 0 Å². The SMILES string of the molecule is CCC(C)N1CCN(C(CC)CC)CC1. The Morgan fingerprint density at radius 1 is 0.800 bits per heavy atom. The molecule has 1 unspecified atom stereocenters. The van der Waals surface area contributed by atoms with Crippen molar-refractivity contribution in [3.8, 4) is 0 Å². The van der Waals surface area contributed by atoms with Gasteiger partial charge in [0, 0.05) is 38.3 Å². The van der Waals surface area contributed by atoms with Crippen LogP contribution < -0.4 is 0 Å². The summed E-state index contributed by atoms with van der Waals surface area (Å²) >= 11 is 0. The van der Waals surface area contributed by atoms with Crippen molar-refractivity contribution in [2.24, 2.45) is 0 Å². The summed E-state index contributed by atoms with van der Waals surface area (Å²) in [4.78, 5) is 5.32. The monoisotopic (exact) mass is 212 g/mol. The second-order valence-electron chi connectivity index (χ2n) is 4.80. The van der Waals surface area contributed by atoms with Crippen LogP contribution in [0.4, 0.5) is 0 Å². The average molecular weight is 212 g/mol. The third-order valence-corrected chi connectivity index (χ3v) is 4.02. The van der Waals surface area contributed by atoms with E-state index >= 15 is 0 Å². The van der Waals surface area contributed by atoms with Gasteiger partial charge < -0.3 is 0 Å². The molecule has 0 aromatic rings. The molecule has 0 saturated carbocycles. The van der Waals surface area contributed by atoms with Gasteiger partial charge in [-0.2, -0.15) is 0 Å². The van der Waals surface area contributed by atoms with Gasteiger partial charge in [0.25, 0.3) is 0 Å². The van der Waals surface area contributed by atoms with Gasteiger partial charge in [-0.25, -0.2) is 0 Å². The summed E-state index contributed by atoms with van der Waals surface area (Å²) in [5, 5.41) is 0. The van der Waals surface area contributed by atoms with E-state index in [9.17, 15) is 0 Å². The van der Waals surface area contributed by atoms with Crippen molar-refractivity contribution >= 4 is 0 Å². The highest BCUT2D eigenvalue weighted by molar-refractivity contribution is 4.79. The first-order valence-electron chi connectivity index (χ1n) is 6.70. The molecule has 0 aliphatic carbocycles. The highest BCUT2D eigenvalue weighted by Crippen LogP contribution is 2.14. The summed E-state index contributed by atoms with van der Waals surface area (Å²) in [6.45, 7) is 14.4. The van der Waals surface area contributed by atoms with Gasteiger partial charge in [-0.15, -0.1) is 0 Å². The number of hydrogen-bond donors (Lipinski definition) is 0. The maximum atomic E-state index is 2.68. The van der Waals surface area contributed by atoms with Crippen molar-refractivity contribution in [3.63, 3.8) is 0 Å². The predicted octanol–water partition coefficient (Wildman–Crippen LogP) is 2.59. The van der Waals surface area contributed by atoms with Gasteiger partial charge in [-0.05, 0) is 26.2 Å². The predicted molar refractivity (Wildman–Crippen MR) is 67.3 cm³/mol. The molecule has 0 spiro atoms. The van der Waals surface area contributed by atoms with Crippen LogP contribution in [0.2, 0.25) is 0 Å². The van der Waals surface area contributed by atoms with Gasteiger partial charge >= 0.3 is 0 Å². The Bertz CT molecular complexity index is 158. The topological polar surface area (TPSA) is 6.48 Å². The van der Waals surface area contributed by atoms with Crippen LogP contribution in [0.3, 0.4) is 0 Å². The summed E-state index contributed by atoms with van der Waals surface area (Å²) in [5.41, 5.74) is 0. The lowest BCUT2D eigenvalue weighted by atomic mass is 10.1. The fourth-order valence-electron chi connectivity index (χ4n) is 2.61. The lowest BCUT2D eigenvalue weighted by Crippen LogP contribution is -2.52. The first kappa shape index (κ1) is 13.0. The van der Waals surface area contributed by atoms with Crippen molar-refractivity contribution in [2.75, 3.05) is 26.2 Å². The summed E-state index contributed by atoms with van der Waals surface area (Å²) in [6.07, 6.45) is 3.89. The Labute approximate surface area is 95.6 Å². The van der Waals surface area contributed by atoms with Crippen LogP contribution in [0.5, 0.6) is 0 Å². The molecular weight excluding hydrogens is 184 g/mol. The fraction of sp³-hybridized carbons (Fsp3) is 1.00. The normalized spacial score (nSPS) is 22.2. The van der Waals surface area contributed by atoms with E-state index in [0.717, 1.165) is 12.1 Å². The van der Waals surface area contributed by atoms with Crippen molar-refractivity contribution in [2.45, 2.75) is 59.0 Å². The van der Waals surface area contributed by atoms with Crippen LogP contribution in [0.1, 0.15) is 47.0 Å². The fourth-order valence-corrected chi connectivity index (χ4v) is 2.61. The first-order valence-corrected chi connectivity index (χ1v) is 6.70. The third kappa shape index (κ3) is 3.46. The zero-order chi connectivity index (χ0) is 11.3. The molecule has 15 heavy (non-hydrogen) atoms. The molecule has 0 aromatic carbocycles. The lowest BCUT2D eigenvalue weighted by Gasteiger charge is -2.41. The van der Waals surface area contributed by atoms with E-state index < -0.39 is 0 Å². The van der Waals surface area contributed by atoms with Crippen molar-refractivity contribution < 1.29 is 0 Å². The maximum absolute atomic E-state index is 2.68. The second-order valence-corrected chi connectivity index (χ2v) is 4.80. The lowest BCUT2D eigenvalue weighted by molar-refractivity contribution is 0.0696. The van der Waals surface area contributed by atoms with E-state index in [2.05, 4.69) is 37.5 Å². The number of nitrogens with zero attached hydrogens (tertiary/aromatic N) is 2. The Morgan fingerprint density at radius 3 is 1.67 bits per heavy atom. The summed E-state index contributed by atoms with van der Waals surface area (Å²) in [5.74, 6) is 0. The average Bonchev–Trinajstić information content (AvgIpc) is 2.30. The molecule has 1 fully saturated rings. The molecule has 2 heteroatoms. The van der Waals surface area contributed by atoms with Crippen LogP contribution >= 0.6 is 0 Å². The molecule has 90 valence electrons. The van der Waals surface area contributed by atoms with Gasteiger partial charge in [0.1, 0.15) is 0 Å². The number of rotatable bonds is 5. The Hall–Kier alpha value is -0.0800. The Kier molecular flexibility index (Phi) is 5.62. The molecule has 0 N–H and O–H groups in total. The van der Waals surface area contributed by atoms with E-state index in [1.165, 1.54) is 45.4 Å². The molecule has 1 aliphatic rings. The minimum Gasteiger partial charge on any atom is -0.298 e. The van der Waals surface area contributed by atoms with E-state index in [0.29, 0.717) is 0 Å². The van der Waals surface area contributed by atoms with Crippen molar-refractivity contribution in [1.29, 1.82) is 0 Å². The molecular formula is C13H28N2. The van der Waals surface area contributed by atoms with Crippen molar-refractivity contribution in [1.82, 2.24) is 9.80 Å². The number of piperazine rings is 1. The van der Waals surface area contributed by atoms with E-state index in [4.69, 9.17) is 0 Å². The van der Waals surface area contributed by atoms with Gasteiger partial charge in [0.15, 0.2) is 0 Å². The van der Waals surface area contributed by atoms with Gasteiger partial charge in [-0.1, -0.05) is 20.8 Å². The first-order chi connectivity index (χ1) is 7.22. The molecule has 0 bridgehead atoms. The smallest absolute Gasteiger partial charge is 0.0113 e. The summed E-state index contributed by atoms with van der Waals surface area (Å²) in [6, 6.07) is 1.60. The number of hydrogen-bond acceptors (Lipinski definition) is 2. The van der Waals surface area contributed by atoms with Crippen LogP contribution in [-0.2, 0) is 0 Å². The van der Waals surface area contributed by atoms with E-state index in [-0.39, 0.29) is 0 Å². The summed E-state index contributed by atoms with van der Waals surface area (Å²) < 4.78 is 0. The third-order valence-electron chi connectivity index (χ3n) is 4.02. The van der Waals surface area contributed by atoms with E-state index in [1.54, 1.807) is 0 Å². The minimum absolute atomic E-state index is 0.772. The molecule has 0 aromatic heterocycles. The maximum Gasteiger partial charge on any atom is 0.0113 e. The van der Waals surface area contributed by atoms with Gasteiger partial charge in [-0.3, -0.25) is 9.80 Å². The van der Waals surface area contributed by atoms with Crippen LogP contribution in [0, 0.1) is 0 Å². The zero-order valence-corrected chi connectivity index (χ0v) is 11.0.